The minimum atomic E-state index is -1.10. The summed E-state index contributed by atoms with van der Waals surface area (Å²) in [5.41, 5.74) is 0.0279. The van der Waals surface area contributed by atoms with E-state index in [1.165, 1.54) is 29.9 Å². The SMILES string of the molecule is CNC(=O)CNC(=O)Cn1cccc1C(=O)O. The van der Waals surface area contributed by atoms with Gasteiger partial charge >= 0.3 is 5.97 Å². The van der Waals surface area contributed by atoms with Crippen LogP contribution >= 0.6 is 0 Å². The molecule has 1 rings (SSSR count). The van der Waals surface area contributed by atoms with E-state index in [2.05, 4.69) is 10.6 Å². The highest BCUT2D eigenvalue weighted by molar-refractivity contribution is 5.87. The molecule has 2 amide bonds. The second-order valence-electron chi connectivity index (χ2n) is 3.28. The summed E-state index contributed by atoms with van der Waals surface area (Å²) in [5.74, 6) is -1.84. The van der Waals surface area contributed by atoms with Gasteiger partial charge in [0.05, 0.1) is 6.54 Å². The van der Waals surface area contributed by atoms with Gasteiger partial charge in [-0.25, -0.2) is 4.79 Å². The minimum Gasteiger partial charge on any atom is -0.477 e. The second kappa shape index (κ2) is 5.69. The maximum absolute atomic E-state index is 11.4. The Kier molecular flexibility index (Phi) is 4.27. The van der Waals surface area contributed by atoms with Crippen molar-refractivity contribution in [2.75, 3.05) is 13.6 Å². The van der Waals surface area contributed by atoms with Gasteiger partial charge in [-0.2, -0.15) is 0 Å². The monoisotopic (exact) mass is 239 g/mol. The molecule has 0 radical (unpaired) electrons. The summed E-state index contributed by atoms with van der Waals surface area (Å²) in [6.45, 7) is -0.259. The summed E-state index contributed by atoms with van der Waals surface area (Å²) in [5, 5.41) is 13.5. The third-order valence-corrected chi connectivity index (χ3v) is 2.09. The summed E-state index contributed by atoms with van der Waals surface area (Å²) in [4.78, 5) is 33.0. The Bertz CT molecular complexity index is 439. The maximum Gasteiger partial charge on any atom is 0.352 e. The molecule has 0 spiro atoms. The summed E-state index contributed by atoms with van der Waals surface area (Å²) >= 11 is 0. The van der Waals surface area contributed by atoms with Crippen molar-refractivity contribution in [1.82, 2.24) is 15.2 Å². The molecule has 0 saturated carbocycles. The summed E-state index contributed by atoms with van der Waals surface area (Å²) < 4.78 is 1.29. The van der Waals surface area contributed by atoms with E-state index < -0.39 is 11.9 Å². The molecule has 0 aliphatic rings. The number of carboxylic acid groups (broad SMARTS) is 1. The Balaban J connectivity index is 2.53. The highest BCUT2D eigenvalue weighted by atomic mass is 16.4. The number of nitrogens with one attached hydrogen (secondary N) is 2. The summed E-state index contributed by atoms with van der Waals surface area (Å²) in [6.07, 6.45) is 1.49. The van der Waals surface area contributed by atoms with Gasteiger partial charge in [-0.1, -0.05) is 0 Å². The van der Waals surface area contributed by atoms with Crippen LogP contribution in [0.2, 0.25) is 0 Å². The van der Waals surface area contributed by atoms with Gasteiger partial charge in [0.1, 0.15) is 12.2 Å². The van der Waals surface area contributed by atoms with E-state index in [0.29, 0.717) is 0 Å². The van der Waals surface area contributed by atoms with Crippen LogP contribution in [0.5, 0.6) is 0 Å². The molecule has 0 aliphatic heterocycles. The van der Waals surface area contributed by atoms with Crippen LogP contribution in [-0.2, 0) is 16.1 Å². The first-order chi connectivity index (χ1) is 8.04. The molecule has 0 atom stereocenters. The van der Waals surface area contributed by atoms with E-state index in [1.54, 1.807) is 0 Å². The Morgan fingerprint density at radius 3 is 2.65 bits per heavy atom. The lowest BCUT2D eigenvalue weighted by molar-refractivity contribution is -0.126. The zero-order valence-corrected chi connectivity index (χ0v) is 9.27. The van der Waals surface area contributed by atoms with E-state index in [0.717, 1.165) is 0 Å². The number of likely N-dealkylation sites (N-methyl/N-ethyl adjacent to an activating group) is 1. The fourth-order valence-electron chi connectivity index (χ4n) is 1.22. The number of carboxylic acids is 1. The van der Waals surface area contributed by atoms with Crippen LogP contribution in [0.4, 0.5) is 0 Å². The quantitative estimate of drug-likeness (QED) is 0.616. The van der Waals surface area contributed by atoms with Crippen LogP contribution in [0, 0.1) is 0 Å². The van der Waals surface area contributed by atoms with E-state index in [1.807, 2.05) is 0 Å². The van der Waals surface area contributed by atoms with E-state index in [-0.39, 0.29) is 24.7 Å². The first-order valence-electron chi connectivity index (χ1n) is 4.90. The molecule has 1 heterocycles. The molecule has 0 aliphatic carbocycles. The third kappa shape index (κ3) is 3.63. The van der Waals surface area contributed by atoms with Crippen molar-refractivity contribution in [3.8, 4) is 0 Å². The lowest BCUT2D eigenvalue weighted by Crippen LogP contribution is -2.37. The maximum atomic E-state index is 11.4. The molecule has 0 unspecified atom stereocenters. The molecule has 1 aromatic rings. The predicted molar refractivity (Wildman–Crippen MR) is 58.5 cm³/mol. The molecule has 7 heteroatoms. The van der Waals surface area contributed by atoms with Crippen molar-refractivity contribution in [3.05, 3.63) is 24.0 Å². The van der Waals surface area contributed by atoms with Gasteiger partial charge in [-0.15, -0.1) is 0 Å². The van der Waals surface area contributed by atoms with Crippen LogP contribution < -0.4 is 10.6 Å². The van der Waals surface area contributed by atoms with Crippen LogP contribution in [0.3, 0.4) is 0 Å². The van der Waals surface area contributed by atoms with Crippen molar-refractivity contribution < 1.29 is 19.5 Å². The number of hydrogen-bond acceptors (Lipinski definition) is 3. The molecule has 17 heavy (non-hydrogen) atoms. The average molecular weight is 239 g/mol. The van der Waals surface area contributed by atoms with E-state index in [4.69, 9.17) is 5.11 Å². The number of aromatic nitrogens is 1. The molecule has 3 N–H and O–H groups in total. The molecule has 0 saturated heterocycles. The van der Waals surface area contributed by atoms with E-state index >= 15 is 0 Å². The van der Waals surface area contributed by atoms with Crippen LogP contribution in [0.1, 0.15) is 10.5 Å². The third-order valence-electron chi connectivity index (χ3n) is 2.09. The second-order valence-corrected chi connectivity index (χ2v) is 3.28. The lowest BCUT2D eigenvalue weighted by atomic mass is 10.4. The van der Waals surface area contributed by atoms with Gasteiger partial charge in [0.2, 0.25) is 11.8 Å². The minimum absolute atomic E-state index is 0.0279. The molecule has 92 valence electrons. The van der Waals surface area contributed by atoms with Gasteiger partial charge in [0.25, 0.3) is 0 Å². The molecule has 0 fully saturated rings. The Morgan fingerprint density at radius 2 is 2.06 bits per heavy atom. The predicted octanol–water partition coefficient (Wildman–Crippen LogP) is -0.951. The van der Waals surface area contributed by atoms with Gasteiger partial charge in [0, 0.05) is 13.2 Å². The van der Waals surface area contributed by atoms with Gasteiger partial charge < -0.3 is 20.3 Å². The standard InChI is InChI=1S/C10H13N3O4/c1-11-8(14)5-12-9(15)6-13-4-2-3-7(13)10(16)17/h2-4H,5-6H2,1H3,(H,11,14)(H,12,15)(H,16,17). The topological polar surface area (TPSA) is 100 Å². The number of nitrogens with zero attached hydrogens (tertiary/aromatic N) is 1. The fraction of sp³-hybridized carbons (Fsp3) is 0.300. The number of rotatable bonds is 5. The summed E-state index contributed by atoms with van der Waals surface area (Å²) in [7, 11) is 1.46. The van der Waals surface area contributed by atoms with Crippen LogP contribution in [0.15, 0.2) is 18.3 Å². The number of carbonyl (C=O) groups is 3. The smallest absolute Gasteiger partial charge is 0.352 e. The van der Waals surface area contributed by atoms with E-state index in [9.17, 15) is 14.4 Å². The molecule has 0 aromatic carbocycles. The zero-order chi connectivity index (χ0) is 12.8. The van der Waals surface area contributed by atoms with Gasteiger partial charge in [0.15, 0.2) is 0 Å². The number of hydrogen-bond donors (Lipinski definition) is 3. The Hall–Kier alpha value is -2.31. The largest absolute Gasteiger partial charge is 0.477 e. The highest BCUT2D eigenvalue weighted by Gasteiger charge is 2.11. The van der Waals surface area contributed by atoms with Crippen molar-refractivity contribution in [3.63, 3.8) is 0 Å². The number of aromatic carboxylic acids is 1. The van der Waals surface area contributed by atoms with Gasteiger partial charge in [-0.3, -0.25) is 9.59 Å². The van der Waals surface area contributed by atoms with Gasteiger partial charge in [-0.05, 0) is 12.1 Å². The Labute approximate surface area is 97.4 Å². The average Bonchev–Trinajstić information content (AvgIpc) is 2.74. The first kappa shape index (κ1) is 12.8. The van der Waals surface area contributed by atoms with Crippen LogP contribution in [0.25, 0.3) is 0 Å². The lowest BCUT2D eigenvalue weighted by Gasteiger charge is -2.07. The van der Waals surface area contributed by atoms with Crippen molar-refractivity contribution in [2.24, 2.45) is 0 Å². The number of amides is 2. The first-order valence-corrected chi connectivity index (χ1v) is 4.90. The van der Waals surface area contributed by atoms with Crippen LogP contribution in [-0.4, -0.2) is 41.0 Å². The molecular formula is C10H13N3O4. The van der Waals surface area contributed by atoms with Crippen molar-refractivity contribution in [2.45, 2.75) is 6.54 Å². The number of carbonyl (C=O) groups excluding carboxylic acids is 2. The molecule has 0 bridgehead atoms. The van der Waals surface area contributed by atoms with Crippen molar-refractivity contribution in [1.29, 1.82) is 0 Å². The van der Waals surface area contributed by atoms with Crippen molar-refractivity contribution >= 4 is 17.8 Å². The zero-order valence-electron chi connectivity index (χ0n) is 9.27. The Morgan fingerprint density at radius 1 is 1.35 bits per heavy atom. The molecule has 1 aromatic heterocycles. The molecular weight excluding hydrogens is 226 g/mol. The fourth-order valence-corrected chi connectivity index (χ4v) is 1.22. The normalized spacial score (nSPS) is 9.71. The highest BCUT2D eigenvalue weighted by Crippen LogP contribution is 2.01. The summed E-state index contributed by atoms with van der Waals surface area (Å²) in [6, 6.07) is 2.93. The molecule has 7 nitrogen and oxygen atoms in total.